The van der Waals surface area contributed by atoms with Crippen LogP contribution in [0.2, 0.25) is 0 Å². The summed E-state index contributed by atoms with van der Waals surface area (Å²) in [6, 6.07) is 3.18. The first-order chi connectivity index (χ1) is 6.63. The molecule has 0 fully saturated rings. The molecule has 1 rings (SSSR count). The van der Waals surface area contributed by atoms with Gasteiger partial charge in [-0.1, -0.05) is 0 Å². The smallest absolute Gasteiger partial charge is 0.372 e. The molecule has 1 aromatic heterocycles. The normalized spacial score (nSPS) is 9.50. The lowest BCUT2D eigenvalue weighted by Gasteiger charge is -1.99. The minimum atomic E-state index is -1.44. The summed E-state index contributed by atoms with van der Waals surface area (Å²) >= 11 is 0. The van der Waals surface area contributed by atoms with Crippen LogP contribution in [0.1, 0.15) is 5.69 Å². The van der Waals surface area contributed by atoms with Gasteiger partial charge in [-0.3, -0.25) is 9.78 Å². The molecule has 0 spiro atoms. The average Bonchev–Trinajstić information content (AvgIpc) is 2.19. The zero-order valence-electron chi connectivity index (χ0n) is 7.56. The van der Waals surface area contributed by atoms with Crippen LogP contribution in [0, 0.1) is 0 Å². The topological polar surface area (TPSA) is 76.5 Å². The molecule has 0 unspecified atom stereocenters. The first-order valence-electron chi connectivity index (χ1n) is 3.88. The Balaban J connectivity index is 2.69. The molecule has 0 aromatic carbocycles. The lowest BCUT2D eigenvalue weighted by Crippen LogP contribution is -2.15. The molecule has 1 N–H and O–H groups in total. The SMILES string of the molecule is COc1ccc(CC(=O)C(=O)O)nc1. The van der Waals surface area contributed by atoms with Crippen molar-refractivity contribution in [3.05, 3.63) is 24.0 Å². The molecule has 5 nitrogen and oxygen atoms in total. The predicted molar refractivity (Wildman–Crippen MR) is 47.1 cm³/mol. The average molecular weight is 195 g/mol. The molecule has 1 heterocycles. The number of pyridine rings is 1. The summed E-state index contributed by atoms with van der Waals surface area (Å²) in [7, 11) is 1.50. The summed E-state index contributed by atoms with van der Waals surface area (Å²) in [5.74, 6) is -1.75. The van der Waals surface area contributed by atoms with Gasteiger partial charge in [0.25, 0.3) is 0 Å². The highest BCUT2D eigenvalue weighted by atomic mass is 16.5. The van der Waals surface area contributed by atoms with E-state index >= 15 is 0 Å². The Bertz CT molecular complexity index is 344. The van der Waals surface area contributed by atoms with Gasteiger partial charge in [-0.2, -0.15) is 0 Å². The van der Waals surface area contributed by atoms with Gasteiger partial charge in [0, 0.05) is 5.69 Å². The number of aliphatic carboxylic acids is 1. The van der Waals surface area contributed by atoms with E-state index in [1.807, 2.05) is 0 Å². The molecule has 74 valence electrons. The zero-order valence-corrected chi connectivity index (χ0v) is 7.56. The van der Waals surface area contributed by atoms with E-state index < -0.39 is 11.8 Å². The molecule has 0 saturated heterocycles. The molecule has 14 heavy (non-hydrogen) atoms. The highest BCUT2D eigenvalue weighted by Gasteiger charge is 2.12. The first kappa shape index (κ1) is 10.2. The summed E-state index contributed by atoms with van der Waals surface area (Å²) in [5.41, 5.74) is 0.415. The second-order valence-corrected chi connectivity index (χ2v) is 2.59. The van der Waals surface area contributed by atoms with E-state index in [9.17, 15) is 9.59 Å². The number of Topliss-reactive ketones (excluding diaryl/α,β-unsaturated/α-hetero) is 1. The van der Waals surface area contributed by atoms with E-state index in [2.05, 4.69) is 4.98 Å². The third-order valence-electron chi connectivity index (χ3n) is 1.61. The predicted octanol–water partition coefficient (Wildman–Crippen LogP) is 0.286. The van der Waals surface area contributed by atoms with Crippen molar-refractivity contribution in [3.63, 3.8) is 0 Å². The maximum absolute atomic E-state index is 10.8. The summed E-state index contributed by atoms with van der Waals surface area (Å²) in [6.45, 7) is 0. The second-order valence-electron chi connectivity index (χ2n) is 2.59. The fourth-order valence-electron chi connectivity index (χ4n) is 0.876. The van der Waals surface area contributed by atoms with Crippen molar-refractivity contribution in [3.8, 4) is 5.75 Å². The number of hydrogen-bond donors (Lipinski definition) is 1. The molecule has 0 aliphatic rings. The molecular weight excluding hydrogens is 186 g/mol. The molecule has 1 aromatic rings. The minimum Gasteiger partial charge on any atom is -0.495 e. The van der Waals surface area contributed by atoms with Gasteiger partial charge < -0.3 is 9.84 Å². The van der Waals surface area contributed by atoms with Gasteiger partial charge in [-0.05, 0) is 12.1 Å². The van der Waals surface area contributed by atoms with Crippen LogP contribution in [0.15, 0.2) is 18.3 Å². The third kappa shape index (κ3) is 2.55. The van der Waals surface area contributed by atoms with Crippen LogP contribution in [0.4, 0.5) is 0 Å². The van der Waals surface area contributed by atoms with Gasteiger partial charge >= 0.3 is 5.97 Å². The monoisotopic (exact) mass is 195 g/mol. The Morgan fingerprint density at radius 1 is 1.50 bits per heavy atom. The number of carbonyl (C=O) groups is 2. The fraction of sp³-hybridized carbons (Fsp3) is 0.222. The first-order valence-corrected chi connectivity index (χ1v) is 3.88. The van der Waals surface area contributed by atoms with E-state index in [4.69, 9.17) is 9.84 Å². The van der Waals surface area contributed by atoms with Crippen LogP contribution < -0.4 is 4.74 Å². The molecule has 0 aliphatic carbocycles. The van der Waals surface area contributed by atoms with Crippen molar-refractivity contribution < 1.29 is 19.4 Å². The Morgan fingerprint density at radius 2 is 2.21 bits per heavy atom. The third-order valence-corrected chi connectivity index (χ3v) is 1.61. The van der Waals surface area contributed by atoms with Gasteiger partial charge in [0.05, 0.1) is 19.7 Å². The van der Waals surface area contributed by atoms with Gasteiger partial charge in [0.2, 0.25) is 5.78 Å². The highest BCUT2D eigenvalue weighted by molar-refractivity contribution is 6.33. The van der Waals surface area contributed by atoms with Crippen LogP contribution in [-0.4, -0.2) is 29.0 Å². The number of methoxy groups -OCH3 is 1. The van der Waals surface area contributed by atoms with Gasteiger partial charge in [0.1, 0.15) is 5.75 Å². The molecule has 0 saturated carbocycles. The van der Waals surface area contributed by atoms with Crippen LogP contribution in [0.3, 0.4) is 0 Å². The Hall–Kier alpha value is -1.91. The van der Waals surface area contributed by atoms with Crippen molar-refractivity contribution >= 4 is 11.8 Å². The fourth-order valence-corrected chi connectivity index (χ4v) is 0.876. The Kier molecular flexibility index (Phi) is 3.17. The van der Waals surface area contributed by atoms with Gasteiger partial charge in [0.15, 0.2) is 0 Å². The standard InChI is InChI=1S/C9H9NO4/c1-14-7-3-2-6(10-5-7)4-8(11)9(12)13/h2-3,5H,4H2,1H3,(H,12,13). The molecule has 0 aliphatic heterocycles. The largest absolute Gasteiger partial charge is 0.495 e. The van der Waals surface area contributed by atoms with Gasteiger partial charge in [-0.15, -0.1) is 0 Å². The summed E-state index contributed by atoms with van der Waals surface area (Å²) in [4.78, 5) is 24.9. The van der Waals surface area contributed by atoms with E-state index in [0.717, 1.165) is 0 Å². The number of rotatable bonds is 4. The number of carbonyl (C=O) groups excluding carboxylic acids is 1. The Labute approximate surface area is 80.3 Å². The highest BCUT2D eigenvalue weighted by Crippen LogP contribution is 2.08. The van der Waals surface area contributed by atoms with Crippen LogP contribution in [-0.2, 0) is 16.0 Å². The van der Waals surface area contributed by atoms with Crippen molar-refractivity contribution in [1.29, 1.82) is 0 Å². The molecular formula is C9H9NO4. The van der Waals surface area contributed by atoms with Crippen molar-refractivity contribution in [1.82, 2.24) is 4.98 Å². The molecule has 0 bridgehead atoms. The quantitative estimate of drug-likeness (QED) is 0.698. The van der Waals surface area contributed by atoms with Crippen LogP contribution in [0.25, 0.3) is 0 Å². The number of aromatic nitrogens is 1. The Morgan fingerprint density at radius 3 is 2.64 bits per heavy atom. The maximum Gasteiger partial charge on any atom is 0.372 e. The minimum absolute atomic E-state index is 0.195. The summed E-state index contributed by atoms with van der Waals surface area (Å²) < 4.78 is 4.86. The molecule has 5 heteroatoms. The van der Waals surface area contributed by atoms with E-state index in [1.54, 1.807) is 12.1 Å². The van der Waals surface area contributed by atoms with Crippen LogP contribution >= 0.6 is 0 Å². The molecule has 0 radical (unpaired) electrons. The van der Waals surface area contributed by atoms with Crippen molar-refractivity contribution in [2.24, 2.45) is 0 Å². The van der Waals surface area contributed by atoms with Crippen molar-refractivity contribution in [2.75, 3.05) is 7.11 Å². The molecule has 0 atom stereocenters. The maximum atomic E-state index is 10.8. The summed E-state index contributed by atoms with van der Waals surface area (Å²) in [5, 5.41) is 8.34. The number of hydrogen-bond acceptors (Lipinski definition) is 4. The lowest BCUT2D eigenvalue weighted by atomic mass is 10.2. The molecule has 0 amide bonds. The van der Waals surface area contributed by atoms with E-state index in [-0.39, 0.29) is 6.42 Å². The van der Waals surface area contributed by atoms with Crippen LogP contribution in [0.5, 0.6) is 5.75 Å². The van der Waals surface area contributed by atoms with Crippen molar-refractivity contribution in [2.45, 2.75) is 6.42 Å². The number of ether oxygens (including phenoxy) is 1. The summed E-state index contributed by atoms with van der Waals surface area (Å²) in [6.07, 6.45) is 1.24. The number of nitrogens with zero attached hydrogens (tertiary/aromatic N) is 1. The van der Waals surface area contributed by atoms with Gasteiger partial charge in [-0.25, -0.2) is 4.79 Å². The lowest BCUT2D eigenvalue weighted by molar-refractivity contribution is -0.148. The van der Waals surface area contributed by atoms with E-state index in [0.29, 0.717) is 11.4 Å². The second kappa shape index (κ2) is 4.36. The number of carboxylic acids is 1. The number of carboxylic acid groups (broad SMARTS) is 1. The van der Waals surface area contributed by atoms with E-state index in [1.165, 1.54) is 13.3 Å². The zero-order chi connectivity index (χ0) is 10.6. The number of ketones is 1.